The number of allylic oxidation sites excluding steroid dienone is 1. The van der Waals surface area contributed by atoms with Crippen LogP contribution in [0.1, 0.15) is 45.1 Å². The van der Waals surface area contributed by atoms with E-state index in [0.29, 0.717) is 12.6 Å². The maximum absolute atomic E-state index is 9.87. The van der Waals surface area contributed by atoms with E-state index in [-0.39, 0.29) is 6.61 Å². The lowest BCUT2D eigenvalue weighted by atomic mass is 9.91. The molecule has 0 spiro atoms. The summed E-state index contributed by atoms with van der Waals surface area (Å²) in [5.41, 5.74) is 3.31. The number of nitrogens with one attached hydrogen (secondary N) is 1. The fraction of sp³-hybridized carbons (Fsp3) is 0.526. The lowest BCUT2D eigenvalue weighted by molar-refractivity contribution is 0.0391. The normalized spacial score (nSPS) is 19.9. The Morgan fingerprint density at radius 1 is 1.25 bits per heavy atom. The number of hydrogen-bond donors (Lipinski definition) is 2. The predicted molar refractivity (Wildman–Crippen MR) is 100 cm³/mol. The van der Waals surface area contributed by atoms with Crippen molar-refractivity contribution < 1.29 is 9.94 Å². The minimum Gasteiger partial charge on any atom is -0.393 e. The maximum Gasteiger partial charge on any atom is 0.144 e. The molecule has 2 N–H and O–H groups in total. The number of oxime groups is 1. The van der Waals surface area contributed by atoms with E-state index in [1.165, 1.54) is 12.0 Å². The average molecular weight is 351 g/mol. The zero-order valence-corrected chi connectivity index (χ0v) is 15.2. The van der Waals surface area contributed by atoms with Gasteiger partial charge in [0, 0.05) is 17.6 Å². The Morgan fingerprint density at radius 2 is 1.96 bits per heavy atom. The van der Waals surface area contributed by atoms with Gasteiger partial charge in [-0.05, 0) is 55.0 Å². The molecule has 1 aliphatic carbocycles. The maximum atomic E-state index is 9.87. The van der Waals surface area contributed by atoms with Crippen molar-refractivity contribution in [3.63, 3.8) is 0 Å². The lowest BCUT2D eigenvalue weighted by Gasteiger charge is -2.17. The van der Waals surface area contributed by atoms with E-state index in [9.17, 15) is 5.11 Å². The van der Waals surface area contributed by atoms with Gasteiger partial charge in [0.2, 0.25) is 0 Å². The molecule has 0 saturated heterocycles. The highest BCUT2D eigenvalue weighted by Crippen LogP contribution is 2.24. The molecule has 4 nitrogen and oxygen atoms in total. The molecule has 0 unspecified atom stereocenters. The van der Waals surface area contributed by atoms with Gasteiger partial charge in [-0.2, -0.15) is 0 Å². The van der Waals surface area contributed by atoms with Gasteiger partial charge in [0.15, 0.2) is 0 Å². The standard InChI is InChI=1S/C19H27ClN2O2/c1-14(2)21-12-18(23)13-24-22-19-6-4-3-5-16(19)11-15-7-9-17(20)10-8-15/h7-11,14,18,21,23H,3-6,12-13H2,1-2H3/b16-11+,22-19+/t18-/m0/s1. The van der Waals surface area contributed by atoms with Crippen molar-refractivity contribution in [3.05, 3.63) is 40.4 Å². The third kappa shape index (κ3) is 6.63. The Bertz CT molecular complexity index is 567. The van der Waals surface area contributed by atoms with Gasteiger partial charge >= 0.3 is 0 Å². The number of benzene rings is 1. The summed E-state index contributed by atoms with van der Waals surface area (Å²) in [5, 5.41) is 18.1. The second kappa shape index (κ2) is 9.82. The molecule has 0 heterocycles. The van der Waals surface area contributed by atoms with Crippen molar-refractivity contribution in [2.24, 2.45) is 5.16 Å². The minimum absolute atomic E-state index is 0.206. The average Bonchev–Trinajstić information content (AvgIpc) is 2.56. The Morgan fingerprint density at radius 3 is 2.67 bits per heavy atom. The molecular weight excluding hydrogens is 324 g/mol. The van der Waals surface area contributed by atoms with E-state index >= 15 is 0 Å². The van der Waals surface area contributed by atoms with Gasteiger partial charge < -0.3 is 15.3 Å². The van der Waals surface area contributed by atoms with Gasteiger partial charge in [0.25, 0.3) is 0 Å². The van der Waals surface area contributed by atoms with Crippen molar-refractivity contribution >= 4 is 23.4 Å². The van der Waals surface area contributed by atoms with E-state index in [0.717, 1.165) is 35.6 Å². The summed E-state index contributed by atoms with van der Waals surface area (Å²) < 4.78 is 0. The topological polar surface area (TPSA) is 53.8 Å². The Labute approximate surface area is 149 Å². The molecule has 2 rings (SSSR count). The zero-order chi connectivity index (χ0) is 17.4. The first kappa shape index (κ1) is 19.0. The van der Waals surface area contributed by atoms with Crippen LogP contribution >= 0.6 is 11.6 Å². The van der Waals surface area contributed by atoms with Crippen LogP contribution in [0.2, 0.25) is 5.02 Å². The molecule has 1 atom stereocenters. The van der Waals surface area contributed by atoms with Crippen molar-refractivity contribution in [2.45, 2.75) is 51.7 Å². The smallest absolute Gasteiger partial charge is 0.144 e. The van der Waals surface area contributed by atoms with E-state index < -0.39 is 6.10 Å². The fourth-order valence-electron chi connectivity index (χ4n) is 2.56. The Hall–Kier alpha value is -1.36. The van der Waals surface area contributed by atoms with Crippen LogP contribution in [-0.4, -0.2) is 36.1 Å². The third-order valence-electron chi connectivity index (χ3n) is 3.89. The quantitative estimate of drug-likeness (QED) is 0.730. The van der Waals surface area contributed by atoms with Gasteiger partial charge in [-0.25, -0.2) is 0 Å². The van der Waals surface area contributed by atoms with Crippen molar-refractivity contribution in [2.75, 3.05) is 13.2 Å². The van der Waals surface area contributed by atoms with Gasteiger partial charge in [-0.15, -0.1) is 0 Å². The summed E-state index contributed by atoms with van der Waals surface area (Å²) in [6.07, 6.45) is 5.80. The summed E-state index contributed by atoms with van der Waals surface area (Å²) in [6, 6.07) is 8.14. The summed E-state index contributed by atoms with van der Waals surface area (Å²) in [4.78, 5) is 5.39. The molecule has 1 aromatic rings. The predicted octanol–water partition coefficient (Wildman–Crippen LogP) is 4.03. The van der Waals surface area contributed by atoms with Crippen molar-refractivity contribution in [1.82, 2.24) is 5.32 Å². The molecule has 24 heavy (non-hydrogen) atoms. The summed E-state index contributed by atoms with van der Waals surface area (Å²) in [7, 11) is 0. The SMILES string of the molecule is CC(C)NC[C@H](O)CO/N=C1\CCCC\C1=C/c1ccc(Cl)cc1. The number of rotatable bonds is 7. The van der Waals surface area contributed by atoms with Crippen molar-refractivity contribution in [1.29, 1.82) is 0 Å². The van der Waals surface area contributed by atoms with Crippen LogP contribution in [0, 0.1) is 0 Å². The molecule has 1 fully saturated rings. The van der Waals surface area contributed by atoms with Crippen LogP contribution in [0.5, 0.6) is 0 Å². The van der Waals surface area contributed by atoms with Crippen LogP contribution in [0.15, 0.2) is 35.0 Å². The van der Waals surface area contributed by atoms with Gasteiger partial charge in [-0.3, -0.25) is 0 Å². The molecule has 5 heteroatoms. The van der Waals surface area contributed by atoms with Gasteiger partial charge in [-0.1, -0.05) is 42.7 Å². The van der Waals surface area contributed by atoms with E-state index in [1.807, 2.05) is 38.1 Å². The van der Waals surface area contributed by atoms with Gasteiger partial charge in [0.1, 0.15) is 12.7 Å². The highest BCUT2D eigenvalue weighted by molar-refractivity contribution is 6.30. The second-order valence-electron chi connectivity index (χ2n) is 6.48. The Balaban J connectivity index is 1.94. The number of aliphatic hydroxyl groups is 1. The summed E-state index contributed by atoms with van der Waals surface area (Å²) >= 11 is 5.93. The van der Waals surface area contributed by atoms with Crippen LogP contribution in [-0.2, 0) is 4.84 Å². The van der Waals surface area contributed by atoms with Crippen LogP contribution in [0.4, 0.5) is 0 Å². The first-order valence-corrected chi connectivity index (χ1v) is 8.99. The summed E-state index contributed by atoms with van der Waals surface area (Å²) in [6.45, 7) is 4.81. The second-order valence-corrected chi connectivity index (χ2v) is 6.92. The van der Waals surface area contributed by atoms with E-state index in [2.05, 4.69) is 16.5 Å². The molecule has 132 valence electrons. The lowest BCUT2D eigenvalue weighted by Crippen LogP contribution is -2.34. The molecule has 0 aromatic heterocycles. The molecule has 1 saturated carbocycles. The fourth-order valence-corrected chi connectivity index (χ4v) is 2.69. The van der Waals surface area contributed by atoms with E-state index in [4.69, 9.17) is 16.4 Å². The number of nitrogens with zero attached hydrogens (tertiary/aromatic N) is 1. The molecule has 1 aliphatic rings. The van der Waals surface area contributed by atoms with Crippen LogP contribution in [0.3, 0.4) is 0 Å². The molecule has 0 bridgehead atoms. The Kier molecular flexibility index (Phi) is 7.76. The van der Waals surface area contributed by atoms with Crippen molar-refractivity contribution in [3.8, 4) is 0 Å². The molecule has 0 aliphatic heterocycles. The zero-order valence-electron chi connectivity index (χ0n) is 14.5. The highest BCUT2D eigenvalue weighted by atomic mass is 35.5. The number of hydrogen-bond acceptors (Lipinski definition) is 4. The monoisotopic (exact) mass is 350 g/mol. The van der Waals surface area contributed by atoms with Gasteiger partial charge in [0.05, 0.1) is 5.71 Å². The molecule has 0 radical (unpaired) electrons. The first-order chi connectivity index (χ1) is 11.5. The largest absolute Gasteiger partial charge is 0.393 e. The van der Waals surface area contributed by atoms with E-state index in [1.54, 1.807) is 0 Å². The van der Waals surface area contributed by atoms with Crippen LogP contribution < -0.4 is 5.32 Å². The minimum atomic E-state index is -0.552. The molecule has 1 aromatic carbocycles. The highest BCUT2D eigenvalue weighted by Gasteiger charge is 2.14. The molecular formula is C19H27ClN2O2. The first-order valence-electron chi connectivity index (χ1n) is 8.61. The number of halogens is 1. The summed E-state index contributed by atoms with van der Waals surface area (Å²) in [5.74, 6) is 0. The third-order valence-corrected chi connectivity index (χ3v) is 4.15. The molecule has 0 amide bonds. The van der Waals surface area contributed by atoms with Crippen LogP contribution in [0.25, 0.3) is 6.08 Å². The number of aliphatic hydroxyl groups excluding tert-OH is 1.